The van der Waals surface area contributed by atoms with E-state index in [1.807, 2.05) is 0 Å². The second-order valence-corrected chi connectivity index (χ2v) is 4.53. The maximum absolute atomic E-state index is 12.3. The van der Waals surface area contributed by atoms with E-state index < -0.39 is 18.6 Å². The Balaban J connectivity index is 2.43. The van der Waals surface area contributed by atoms with Gasteiger partial charge in [0.05, 0.1) is 6.42 Å². The van der Waals surface area contributed by atoms with E-state index in [2.05, 4.69) is 10.1 Å². The molecular formula is C14H18F2N2O4. The fourth-order valence-corrected chi connectivity index (χ4v) is 1.73. The first-order chi connectivity index (χ1) is 10.4. The van der Waals surface area contributed by atoms with Gasteiger partial charge in [-0.25, -0.2) is 4.79 Å². The highest BCUT2D eigenvalue weighted by Crippen LogP contribution is 2.20. The van der Waals surface area contributed by atoms with Crippen LogP contribution in [0.15, 0.2) is 24.3 Å². The summed E-state index contributed by atoms with van der Waals surface area (Å²) in [6.07, 6.45) is 0.177. The standard InChI is InChI=1S/C14H18F2N2O4/c1-18(9-7-12(19)20)14(21)17-8-6-10-4-2-3-5-11(10)22-13(15)16/h2-5,13H,6-9H2,1H3,(H,17,21)(H,19,20). The molecule has 0 heterocycles. The van der Waals surface area contributed by atoms with E-state index in [0.717, 1.165) is 0 Å². The van der Waals surface area contributed by atoms with E-state index >= 15 is 0 Å². The normalized spacial score (nSPS) is 10.4. The first-order valence-electron chi connectivity index (χ1n) is 6.63. The molecule has 0 aromatic heterocycles. The summed E-state index contributed by atoms with van der Waals surface area (Å²) in [5.41, 5.74) is 0.552. The molecule has 6 nitrogen and oxygen atoms in total. The van der Waals surface area contributed by atoms with Gasteiger partial charge < -0.3 is 20.1 Å². The lowest BCUT2D eigenvalue weighted by molar-refractivity contribution is -0.137. The zero-order valence-electron chi connectivity index (χ0n) is 12.1. The van der Waals surface area contributed by atoms with Gasteiger partial charge in [-0.3, -0.25) is 4.79 Å². The minimum absolute atomic E-state index is 0.0750. The Hall–Kier alpha value is -2.38. The molecule has 8 heteroatoms. The third-order valence-corrected chi connectivity index (χ3v) is 2.87. The van der Waals surface area contributed by atoms with Crippen molar-refractivity contribution >= 4 is 12.0 Å². The number of nitrogens with zero attached hydrogens (tertiary/aromatic N) is 1. The second kappa shape index (κ2) is 8.81. The topological polar surface area (TPSA) is 78.9 Å². The molecule has 1 rings (SSSR count). The van der Waals surface area contributed by atoms with Crippen molar-refractivity contribution in [1.82, 2.24) is 10.2 Å². The number of carboxylic acid groups (broad SMARTS) is 1. The number of urea groups is 1. The molecule has 0 aliphatic rings. The van der Waals surface area contributed by atoms with Crippen LogP contribution in [0.1, 0.15) is 12.0 Å². The summed E-state index contributed by atoms with van der Waals surface area (Å²) in [7, 11) is 1.48. The van der Waals surface area contributed by atoms with E-state index in [4.69, 9.17) is 5.11 Å². The van der Waals surface area contributed by atoms with E-state index in [1.54, 1.807) is 18.2 Å². The Labute approximate surface area is 126 Å². The van der Waals surface area contributed by atoms with Crippen molar-refractivity contribution in [3.8, 4) is 5.75 Å². The van der Waals surface area contributed by atoms with Crippen LogP contribution in [0.4, 0.5) is 13.6 Å². The summed E-state index contributed by atoms with van der Waals surface area (Å²) in [5, 5.41) is 11.1. The summed E-state index contributed by atoms with van der Waals surface area (Å²) in [6.45, 7) is -2.59. The lowest BCUT2D eigenvalue weighted by atomic mass is 10.1. The molecule has 2 amide bonds. The van der Waals surface area contributed by atoms with Gasteiger partial charge in [-0.05, 0) is 18.1 Å². The van der Waals surface area contributed by atoms with Crippen molar-refractivity contribution in [2.75, 3.05) is 20.1 Å². The lowest BCUT2D eigenvalue weighted by Gasteiger charge is -2.17. The SMILES string of the molecule is CN(CCC(=O)O)C(=O)NCCc1ccccc1OC(F)F. The lowest BCUT2D eigenvalue weighted by Crippen LogP contribution is -2.39. The van der Waals surface area contributed by atoms with Crippen LogP contribution in [-0.2, 0) is 11.2 Å². The monoisotopic (exact) mass is 316 g/mol. The Bertz CT molecular complexity index is 511. The molecular weight excluding hydrogens is 298 g/mol. The summed E-state index contributed by atoms with van der Waals surface area (Å²) in [4.78, 5) is 23.3. The average molecular weight is 316 g/mol. The van der Waals surface area contributed by atoms with Gasteiger partial charge in [0, 0.05) is 20.1 Å². The number of alkyl halides is 2. The van der Waals surface area contributed by atoms with Gasteiger partial charge in [-0.15, -0.1) is 0 Å². The van der Waals surface area contributed by atoms with Gasteiger partial charge in [-0.2, -0.15) is 8.78 Å². The van der Waals surface area contributed by atoms with Crippen LogP contribution in [0.2, 0.25) is 0 Å². The highest BCUT2D eigenvalue weighted by atomic mass is 19.3. The number of amides is 2. The molecule has 2 N–H and O–H groups in total. The number of benzene rings is 1. The first kappa shape index (κ1) is 17.7. The first-order valence-corrected chi connectivity index (χ1v) is 6.63. The molecule has 0 unspecified atom stereocenters. The number of halogens is 2. The zero-order chi connectivity index (χ0) is 16.5. The van der Waals surface area contributed by atoms with E-state index in [0.29, 0.717) is 12.0 Å². The Morgan fingerprint density at radius 2 is 2.05 bits per heavy atom. The third-order valence-electron chi connectivity index (χ3n) is 2.87. The van der Waals surface area contributed by atoms with Crippen LogP contribution in [0.3, 0.4) is 0 Å². The predicted molar refractivity (Wildman–Crippen MR) is 75.1 cm³/mol. The van der Waals surface area contributed by atoms with Crippen LogP contribution in [0, 0.1) is 0 Å². The number of carboxylic acids is 1. The van der Waals surface area contributed by atoms with E-state index in [9.17, 15) is 18.4 Å². The van der Waals surface area contributed by atoms with Gasteiger partial charge >= 0.3 is 18.6 Å². The summed E-state index contributed by atoms with van der Waals surface area (Å²) < 4.78 is 28.9. The number of hydrogen-bond acceptors (Lipinski definition) is 3. The Morgan fingerprint density at radius 1 is 1.36 bits per heavy atom. The van der Waals surface area contributed by atoms with Crippen molar-refractivity contribution in [1.29, 1.82) is 0 Å². The van der Waals surface area contributed by atoms with E-state index in [-0.39, 0.29) is 25.3 Å². The molecule has 0 spiro atoms. The fourth-order valence-electron chi connectivity index (χ4n) is 1.73. The predicted octanol–water partition coefficient (Wildman–Crippen LogP) is 1.95. The van der Waals surface area contributed by atoms with Crippen LogP contribution in [0.5, 0.6) is 5.75 Å². The molecule has 0 atom stereocenters. The molecule has 1 aromatic carbocycles. The van der Waals surface area contributed by atoms with Gasteiger partial charge in [0.15, 0.2) is 0 Å². The zero-order valence-corrected chi connectivity index (χ0v) is 12.1. The summed E-state index contributed by atoms with van der Waals surface area (Å²) in [6, 6.07) is 5.92. The largest absolute Gasteiger partial charge is 0.481 e. The molecule has 122 valence electrons. The fraction of sp³-hybridized carbons (Fsp3) is 0.429. The number of para-hydroxylation sites is 1. The molecule has 0 aliphatic carbocycles. The van der Waals surface area contributed by atoms with Crippen LogP contribution in [0.25, 0.3) is 0 Å². The molecule has 0 saturated carbocycles. The molecule has 1 aromatic rings. The van der Waals surface area contributed by atoms with Crippen molar-refractivity contribution in [3.63, 3.8) is 0 Å². The average Bonchev–Trinajstić information content (AvgIpc) is 2.45. The molecule has 0 aliphatic heterocycles. The van der Waals surface area contributed by atoms with Gasteiger partial charge in [-0.1, -0.05) is 18.2 Å². The van der Waals surface area contributed by atoms with Gasteiger partial charge in [0.1, 0.15) is 5.75 Å². The minimum Gasteiger partial charge on any atom is -0.481 e. The van der Waals surface area contributed by atoms with Crippen molar-refractivity contribution in [2.24, 2.45) is 0 Å². The maximum atomic E-state index is 12.3. The summed E-state index contributed by atoms with van der Waals surface area (Å²) in [5.74, 6) is -0.913. The van der Waals surface area contributed by atoms with Crippen molar-refractivity contribution in [2.45, 2.75) is 19.5 Å². The summed E-state index contributed by atoms with van der Waals surface area (Å²) >= 11 is 0. The number of nitrogens with one attached hydrogen (secondary N) is 1. The van der Waals surface area contributed by atoms with Crippen molar-refractivity contribution < 1.29 is 28.2 Å². The molecule has 0 fully saturated rings. The van der Waals surface area contributed by atoms with Gasteiger partial charge in [0.2, 0.25) is 0 Å². The number of aliphatic carboxylic acids is 1. The second-order valence-electron chi connectivity index (χ2n) is 4.53. The Morgan fingerprint density at radius 3 is 2.68 bits per heavy atom. The number of ether oxygens (including phenoxy) is 1. The van der Waals surface area contributed by atoms with Crippen molar-refractivity contribution in [3.05, 3.63) is 29.8 Å². The van der Waals surface area contributed by atoms with E-state index in [1.165, 1.54) is 18.0 Å². The highest BCUT2D eigenvalue weighted by Gasteiger charge is 2.11. The van der Waals surface area contributed by atoms with Gasteiger partial charge in [0.25, 0.3) is 0 Å². The quantitative estimate of drug-likeness (QED) is 0.768. The molecule has 22 heavy (non-hydrogen) atoms. The molecule has 0 saturated heterocycles. The molecule has 0 bridgehead atoms. The van der Waals surface area contributed by atoms with Crippen LogP contribution in [-0.4, -0.2) is 48.8 Å². The smallest absolute Gasteiger partial charge is 0.387 e. The number of rotatable bonds is 8. The van der Waals surface area contributed by atoms with Crippen LogP contribution >= 0.6 is 0 Å². The number of hydrogen-bond donors (Lipinski definition) is 2. The number of carbonyl (C=O) groups is 2. The minimum atomic E-state index is -2.90. The highest BCUT2D eigenvalue weighted by molar-refractivity contribution is 5.75. The molecule has 0 radical (unpaired) electrons. The number of carbonyl (C=O) groups excluding carboxylic acids is 1. The Kier molecular flexibility index (Phi) is 7.07. The van der Waals surface area contributed by atoms with Crippen LogP contribution < -0.4 is 10.1 Å². The third kappa shape index (κ3) is 6.38. The maximum Gasteiger partial charge on any atom is 0.387 e.